The highest BCUT2D eigenvalue weighted by molar-refractivity contribution is 5.83. The maximum absolute atomic E-state index is 12.7. The highest BCUT2D eigenvalue weighted by Crippen LogP contribution is 2.24. The molecule has 1 aliphatic heterocycles. The minimum atomic E-state index is -0.385. The molecule has 25 heavy (non-hydrogen) atoms. The molecule has 1 fully saturated rings. The highest BCUT2D eigenvalue weighted by Gasteiger charge is 2.26. The molecule has 0 saturated carbocycles. The average Bonchev–Trinajstić information content (AvgIpc) is 3.29. The molecular weight excluding hydrogens is 314 g/mol. The van der Waals surface area contributed by atoms with Crippen LogP contribution in [0, 0.1) is 0 Å². The standard InChI is InChI=1S/C19H27N5O/c1-20-18(16-12-22-23(2)14-16)19(25)21-13-17(24-10-6-7-11-24)15-8-4-3-5-9-15/h3-5,8-9,12,14,17-18,20H,6-7,10-11,13H2,1-2H3,(H,21,25). The van der Waals surface area contributed by atoms with Crippen LogP contribution >= 0.6 is 0 Å². The summed E-state index contributed by atoms with van der Waals surface area (Å²) >= 11 is 0. The Kier molecular flexibility index (Phi) is 5.83. The summed E-state index contributed by atoms with van der Waals surface area (Å²) in [6.07, 6.45) is 6.06. The van der Waals surface area contributed by atoms with Crippen molar-refractivity contribution in [1.29, 1.82) is 0 Å². The summed E-state index contributed by atoms with van der Waals surface area (Å²) in [5.41, 5.74) is 2.13. The maximum Gasteiger partial charge on any atom is 0.241 e. The van der Waals surface area contributed by atoms with Gasteiger partial charge in [-0.15, -0.1) is 0 Å². The number of likely N-dealkylation sites (tertiary alicyclic amines) is 1. The molecule has 3 rings (SSSR count). The summed E-state index contributed by atoms with van der Waals surface area (Å²) in [6, 6.07) is 10.3. The van der Waals surface area contributed by atoms with Crippen LogP contribution < -0.4 is 10.6 Å². The normalized spacial score (nSPS) is 17.4. The molecule has 1 amide bonds. The van der Waals surface area contributed by atoms with E-state index in [4.69, 9.17) is 0 Å². The molecule has 2 heterocycles. The number of amides is 1. The van der Waals surface area contributed by atoms with Gasteiger partial charge in [0.2, 0.25) is 5.91 Å². The zero-order valence-electron chi connectivity index (χ0n) is 15.0. The van der Waals surface area contributed by atoms with Crippen molar-refractivity contribution in [2.75, 3.05) is 26.7 Å². The molecule has 2 aromatic rings. The smallest absolute Gasteiger partial charge is 0.241 e. The molecule has 1 saturated heterocycles. The van der Waals surface area contributed by atoms with E-state index in [1.807, 2.05) is 19.3 Å². The van der Waals surface area contributed by atoms with Crippen molar-refractivity contribution in [1.82, 2.24) is 25.3 Å². The van der Waals surface area contributed by atoms with E-state index in [0.717, 1.165) is 18.7 Å². The van der Waals surface area contributed by atoms with Crippen molar-refractivity contribution in [3.05, 3.63) is 53.9 Å². The molecule has 1 aliphatic rings. The van der Waals surface area contributed by atoms with Crippen LogP contribution in [0.1, 0.15) is 36.1 Å². The van der Waals surface area contributed by atoms with E-state index in [0.29, 0.717) is 6.54 Å². The first kappa shape index (κ1) is 17.6. The van der Waals surface area contributed by atoms with Crippen LogP contribution in [0.4, 0.5) is 0 Å². The van der Waals surface area contributed by atoms with Crippen LogP contribution in [-0.2, 0) is 11.8 Å². The molecule has 2 atom stereocenters. The summed E-state index contributed by atoms with van der Waals surface area (Å²) in [7, 11) is 3.65. The fourth-order valence-electron chi connectivity index (χ4n) is 3.52. The fourth-order valence-corrected chi connectivity index (χ4v) is 3.52. The van der Waals surface area contributed by atoms with Gasteiger partial charge in [0.25, 0.3) is 0 Å². The molecule has 6 heteroatoms. The zero-order valence-corrected chi connectivity index (χ0v) is 15.0. The maximum atomic E-state index is 12.7. The Morgan fingerprint density at radius 1 is 1.20 bits per heavy atom. The van der Waals surface area contributed by atoms with Crippen LogP contribution in [0.2, 0.25) is 0 Å². The van der Waals surface area contributed by atoms with Crippen molar-refractivity contribution in [2.45, 2.75) is 24.9 Å². The number of nitrogens with one attached hydrogen (secondary N) is 2. The quantitative estimate of drug-likeness (QED) is 0.804. The third-order valence-electron chi connectivity index (χ3n) is 4.84. The van der Waals surface area contributed by atoms with E-state index in [1.54, 1.807) is 17.9 Å². The third-order valence-corrected chi connectivity index (χ3v) is 4.84. The van der Waals surface area contributed by atoms with Crippen LogP contribution in [0.15, 0.2) is 42.7 Å². The molecule has 134 valence electrons. The fraction of sp³-hybridized carbons (Fsp3) is 0.474. The van der Waals surface area contributed by atoms with Crippen molar-refractivity contribution < 1.29 is 4.79 Å². The summed E-state index contributed by atoms with van der Waals surface area (Å²) in [4.78, 5) is 15.2. The lowest BCUT2D eigenvalue weighted by Gasteiger charge is -2.29. The first-order valence-corrected chi connectivity index (χ1v) is 8.91. The van der Waals surface area contributed by atoms with E-state index in [9.17, 15) is 4.79 Å². The van der Waals surface area contributed by atoms with Gasteiger partial charge in [-0.05, 0) is 38.5 Å². The van der Waals surface area contributed by atoms with Crippen molar-refractivity contribution >= 4 is 5.91 Å². The Labute approximate surface area is 149 Å². The topological polar surface area (TPSA) is 62.2 Å². The number of hydrogen-bond donors (Lipinski definition) is 2. The van der Waals surface area contributed by atoms with Gasteiger partial charge in [-0.25, -0.2) is 0 Å². The van der Waals surface area contributed by atoms with Gasteiger partial charge >= 0.3 is 0 Å². The number of likely N-dealkylation sites (N-methyl/N-ethyl adjacent to an activating group) is 1. The van der Waals surface area contributed by atoms with E-state index < -0.39 is 0 Å². The number of carbonyl (C=O) groups is 1. The lowest BCUT2D eigenvalue weighted by molar-refractivity contribution is -0.123. The van der Waals surface area contributed by atoms with Crippen LogP contribution in [0.25, 0.3) is 0 Å². The molecule has 6 nitrogen and oxygen atoms in total. The minimum Gasteiger partial charge on any atom is -0.353 e. The Bertz CT molecular complexity index is 678. The lowest BCUT2D eigenvalue weighted by atomic mass is 10.0. The number of carbonyl (C=O) groups excluding carboxylic acids is 1. The number of rotatable bonds is 7. The summed E-state index contributed by atoms with van der Waals surface area (Å²) in [6.45, 7) is 2.79. The molecule has 0 spiro atoms. The van der Waals surface area contributed by atoms with Gasteiger partial charge in [0.15, 0.2) is 0 Å². The first-order chi connectivity index (χ1) is 12.2. The van der Waals surface area contributed by atoms with E-state index >= 15 is 0 Å². The SMILES string of the molecule is CNC(C(=O)NCC(c1ccccc1)N1CCCC1)c1cnn(C)c1. The molecule has 0 aliphatic carbocycles. The van der Waals surface area contributed by atoms with E-state index in [1.165, 1.54) is 18.4 Å². The average molecular weight is 341 g/mol. The minimum absolute atomic E-state index is 0.0179. The van der Waals surface area contributed by atoms with Gasteiger partial charge in [-0.3, -0.25) is 14.4 Å². The van der Waals surface area contributed by atoms with Crippen LogP contribution in [-0.4, -0.2) is 47.3 Å². The second kappa shape index (κ2) is 8.27. The summed E-state index contributed by atoms with van der Waals surface area (Å²) in [5.74, 6) is -0.0179. The molecule has 0 radical (unpaired) electrons. The first-order valence-electron chi connectivity index (χ1n) is 8.91. The lowest BCUT2D eigenvalue weighted by Crippen LogP contribution is -2.41. The van der Waals surface area contributed by atoms with E-state index in [-0.39, 0.29) is 18.0 Å². The Hall–Kier alpha value is -2.18. The van der Waals surface area contributed by atoms with Gasteiger partial charge in [-0.2, -0.15) is 5.10 Å². The van der Waals surface area contributed by atoms with Crippen molar-refractivity contribution in [3.63, 3.8) is 0 Å². The summed E-state index contributed by atoms with van der Waals surface area (Å²) in [5, 5.41) is 10.4. The Morgan fingerprint density at radius 2 is 1.92 bits per heavy atom. The van der Waals surface area contributed by atoms with Crippen molar-refractivity contribution in [3.8, 4) is 0 Å². The molecule has 0 bridgehead atoms. The Morgan fingerprint density at radius 3 is 2.52 bits per heavy atom. The van der Waals surface area contributed by atoms with E-state index in [2.05, 4.69) is 44.9 Å². The predicted molar refractivity (Wildman–Crippen MR) is 98.0 cm³/mol. The Balaban J connectivity index is 1.68. The molecule has 2 unspecified atom stereocenters. The van der Waals surface area contributed by atoms with Crippen molar-refractivity contribution in [2.24, 2.45) is 7.05 Å². The second-order valence-electron chi connectivity index (χ2n) is 6.58. The van der Waals surface area contributed by atoms with Gasteiger partial charge in [0.05, 0.1) is 12.2 Å². The molecule has 1 aromatic carbocycles. The number of aryl methyl sites for hydroxylation is 1. The highest BCUT2D eigenvalue weighted by atomic mass is 16.2. The number of nitrogens with zero attached hydrogens (tertiary/aromatic N) is 3. The second-order valence-corrected chi connectivity index (χ2v) is 6.58. The van der Waals surface area contributed by atoms with Gasteiger partial charge < -0.3 is 10.6 Å². The predicted octanol–water partition coefficient (Wildman–Crippen LogP) is 1.63. The van der Waals surface area contributed by atoms with Crippen LogP contribution in [0.5, 0.6) is 0 Å². The molecule has 2 N–H and O–H groups in total. The zero-order chi connectivity index (χ0) is 17.6. The van der Waals surface area contributed by atoms with Crippen LogP contribution in [0.3, 0.4) is 0 Å². The number of benzene rings is 1. The monoisotopic (exact) mass is 341 g/mol. The largest absolute Gasteiger partial charge is 0.353 e. The van der Waals surface area contributed by atoms with Gasteiger partial charge in [-0.1, -0.05) is 30.3 Å². The third kappa shape index (κ3) is 4.27. The molecule has 1 aromatic heterocycles. The molecular formula is C19H27N5O. The number of hydrogen-bond acceptors (Lipinski definition) is 4. The summed E-state index contributed by atoms with van der Waals surface area (Å²) < 4.78 is 1.71. The van der Waals surface area contributed by atoms with Gasteiger partial charge in [0.1, 0.15) is 6.04 Å². The van der Waals surface area contributed by atoms with Gasteiger partial charge in [0, 0.05) is 25.4 Å². The number of aromatic nitrogens is 2.